The van der Waals surface area contributed by atoms with Gasteiger partial charge in [-0.2, -0.15) is 0 Å². The summed E-state index contributed by atoms with van der Waals surface area (Å²) in [6, 6.07) is 17.0. The van der Waals surface area contributed by atoms with Gasteiger partial charge in [0.05, 0.1) is 51.0 Å². The molecule has 8 heteroatoms. The maximum atomic E-state index is 12.8. The van der Waals surface area contributed by atoms with Crippen LogP contribution in [-0.2, 0) is 15.9 Å². The van der Waals surface area contributed by atoms with Crippen molar-refractivity contribution in [2.45, 2.75) is 23.2 Å². The van der Waals surface area contributed by atoms with E-state index in [-0.39, 0.29) is 5.92 Å². The minimum Gasteiger partial charge on any atom is -0.495 e. The zero-order valence-corrected chi connectivity index (χ0v) is 20.6. The lowest BCUT2D eigenvalue weighted by Crippen LogP contribution is -2.52. The third-order valence-corrected chi connectivity index (χ3v) is 8.17. The number of rotatable bonds is 5. The Balaban J connectivity index is 1.61. The maximum Gasteiger partial charge on any atom is 0.187 e. The molecule has 3 heterocycles. The van der Waals surface area contributed by atoms with Crippen LogP contribution in [0.15, 0.2) is 67.0 Å². The van der Waals surface area contributed by atoms with Crippen LogP contribution in [0.2, 0.25) is 0 Å². The summed E-state index contributed by atoms with van der Waals surface area (Å²) in [5.74, 6) is -0.0667. The molecule has 2 aromatic carbocycles. The van der Waals surface area contributed by atoms with Gasteiger partial charge in [0.2, 0.25) is 0 Å². The third kappa shape index (κ3) is 3.39. The van der Waals surface area contributed by atoms with Crippen LogP contribution in [0.25, 0.3) is 4.85 Å². The molecule has 0 amide bonds. The molecule has 5 atom stereocenters. The summed E-state index contributed by atoms with van der Waals surface area (Å²) in [4.78, 5) is 10.1. The molecule has 190 valence electrons. The molecule has 2 aliphatic heterocycles. The second-order valence-corrected chi connectivity index (χ2v) is 9.89. The van der Waals surface area contributed by atoms with Crippen LogP contribution in [0, 0.1) is 12.5 Å². The number of fused-ring (bicyclic) bond motifs is 3. The Morgan fingerprint density at radius 1 is 1.11 bits per heavy atom. The number of aliphatic hydroxyl groups excluding tert-OH is 1. The fraction of sp³-hybridized carbons (Fsp3) is 0.379. The van der Waals surface area contributed by atoms with E-state index >= 15 is 0 Å². The number of hydrogen-bond acceptors (Lipinski definition) is 7. The molecule has 1 saturated carbocycles. The number of benzene rings is 2. The van der Waals surface area contributed by atoms with Crippen molar-refractivity contribution >= 4 is 5.69 Å². The summed E-state index contributed by atoms with van der Waals surface area (Å²) in [5.41, 5.74) is -0.712. The van der Waals surface area contributed by atoms with E-state index < -0.39 is 23.2 Å². The molecule has 2 fully saturated rings. The van der Waals surface area contributed by atoms with Crippen molar-refractivity contribution in [3.8, 4) is 11.5 Å². The first-order valence-corrected chi connectivity index (χ1v) is 12.5. The minimum atomic E-state index is -1.84. The Hall–Kier alpha value is -3.48. The van der Waals surface area contributed by atoms with E-state index in [9.17, 15) is 10.2 Å². The highest BCUT2D eigenvalue weighted by Crippen LogP contribution is 2.69. The van der Waals surface area contributed by atoms with Gasteiger partial charge in [0, 0.05) is 31.5 Å². The van der Waals surface area contributed by atoms with Gasteiger partial charge in [-0.05, 0) is 11.1 Å². The molecule has 2 N–H and O–H groups in total. The van der Waals surface area contributed by atoms with Gasteiger partial charge in [0.25, 0.3) is 0 Å². The van der Waals surface area contributed by atoms with Crippen LogP contribution in [0.5, 0.6) is 11.5 Å². The summed E-state index contributed by atoms with van der Waals surface area (Å²) in [7, 11) is 1.52. The highest BCUT2D eigenvalue weighted by Gasteiger charge is 2.76. The van der Waals surface area contributed by atoms with Gasteiger partial charge in [0.1, 0.15) is 11.5 Å². The molecule has 1 saturated heterocycles. The van der Waals surface area contributed by atoms with Crippen molar-refractivity contribution in [3.05, 3.63) is 95.1 Å². The van der Waals surface area contributed by atoms with Crippen LogP contribution >= 0.6 is 0 Å². The second-order valence-electron chi connectivity index (χ2n) is 9.89. The van der Waals surface area contributed by atoms with Crippen molar-refractivity contribution < 1.29 is 24.4 Å². The molecule has 0 radical (unpaired) electrons. The molecule has 0 spiro atoms. The summed E-state index contributed by atoms with van der Waals surface area (Å²) in [6.45, 7) is 10.7. The van der Waals surface area contributed by atoms with Crippen LogP contribution in [-0.4, -0.2) is 66.2 Å². The predicted octanol–water partition coefficient (Wildman–Crippen LogP) is 3.22. The molecular formula is C29H29N3O5. The van der Waals surface area contributed by atoms with Gasteiger partial charge in [-0.3, -0.25) is 9.88 Å². The zero-order valence-electron chi connectivity index (χ0n) is 20.6. The van der Waals surface area contributed by atoms with E-state index in [0.717, 1.165) is 18.7 Å². The van der Waals surface area contributed by atoms with Crippen molar-refractivity contribution in [2.75, 3.05) is 40.0 Å². The number of nitrogens with zero attached hydrogens (tertiary/aromatic N) is 3. The third-order valence-electron chi connectivity index (χ3n) is 8.17. The Morgan fingerprint density at radius 2 is 1.84 bits per heavy atom. The SMILES string of the molecule is [C-]#[N+]c1ccc([C@@]23Oc4cncc(OC)c4[C@]2(O)[C@H](O)[C@H](CN2CCOCC2)[C@H]3c2ccccc2)cc1. The largest absolute Gasteiger partial charge is 0.495 e. The Kier molecular flexibility index (Phi) is 5.89. The molecule has 1 aromatic heterocycles. The second kappa shape index (κ2) is 9.12. The van der Waals surface area contributed by atoms with E-state index in [0.29, 0.717) is 48.1 Å². The van der Waals surface area contributed by atoms with Gasteiger partial charge in [-0.1, -0.05) is 54.6 Å². The lowest BCUT2D eigenvalue weighted by atomic mass is 9.70. The highest BCUT2D eigenvalue weighted by molar-refractivity contribution is 5.60. The topological polar surface area (TPSA) is 88.6 Å². The summed E-state index contributed by atoms with van der Waals surface area (Å²) < 4.78 is 18.0. The van der Waals surface area contributed by atoms with E-state index in [4.69, 9.17) is 20.8 Å². The van der Waals surface area contributed by atoms with Gasteiger partial charge < -0.3 is 24.4 Å². The molecule has 1 aliphatic carbocycles. The summed E-state index contributed by atoms with van der Waals surface area (Å²) >= 11 is 0. The van der Waals surface area contributed by atoms with Crippen LogP contribution in [0.1, 0.15) is 22.6 Å². The zero-order chi connectivity index (χ0) is 25.6. The van der Waals surface area contributed by atoms with E-state index in [1.54, 1.807) is 18.3 Å². The number of hydrogen-bond donors (Lipinski definition) is 2. The van der Waals surface area contributed by atoms with Gasteiger partial charge in [0.15, 0.2) is 16.9 Å². The molecule has 0 unspecified atom stereocenters. The Bertz CT molecular complexity index is 1320. The standard InChI is InChI=1S/C29H29N3O5/c1-30-21-10-8-20(9-11-21)29-25(19-6-4-3-5-7-19)22(18-32-12-14-36-15-13-32)27(33)28(29,34)26-23(35-2)16-31-17-24(26)37-29/h3-11,16-17,22,25,27,33-34H,12-15,18H2,2H3/t22-,25-,27-,28+,29+/m1/s1. The molecule has 3 aliphatic rings. The Labute approximate surface area is 215 Å². The number of pyridine rings is 1. The fourth-order valence-electron chi connectivity index (χ4n) is 6.60. The van der Waals surface area contributed by atoms with Gasteiger partial charge in [-0.15, -0.1) is 0 Å². The first-order valence-electron chi connectivity index (χ1n) is 12.5. The average molecular weight is 500 g/mol. The van der Waals surface area contributed by atoms with Crippen LogP contribution in [0.3, 0.4) is 0 Å². The molecule has 3 aromatic rings. The van der Waals surface area contributed by atoms with E-state index in [1.165, 1.54) is 13.3 Å². The number of aromatic nitrogens is 1. The van der Waals surface area contributed by atoms with Crippen molar-refractivity contribution in [3.63, 3.8) is 0 Å². The first-order chi connectivity index (χ1) is 18.0. The monoisotopic (exact) mass is 499 g/mol. The van der Waals surface area contributed by atoms with Crippen LogP contribution < -0.4 is 9.47 Å². The van der Waals surface area contributed by atoms with E-state index in [1.807, 2.05) is 42.5 Å². The molecule has 6 rings (SSSR count). The summed E-state index contributed by atoms with van der Waals surface area (Å²) in [5, 5.41) is 25.0. The number of ether oxygens (including phenoxy) is 3. The smallest absolute Gasteiger partial charge is 0.187 e. The van der Waals surface area contributed by atoms with Crippen LogP contribution in [0.4, 0.5) is 5.69 Å². The first kappa shape index (κ1) is 23.9. The normalized spacial score (nSPS) is 30.7. The minimum absolute atomic E-state index is 0.359. The van der Waals surface area contributed by atoms with Gasteiger partial charge in [-0.25, -0.2) is 4.85 Å². The van der Waals surface area contributed by atoms with Crippen molar-refractivity contribution in [1.82, 2.24) is 9.88 Å². The predicted molar refractivity (Wildman–Crippen MR) is 136 cm³/mol. The highest BCUT2D eigenvalue weighted by atomic mass is 16.5. The molecule has 0 bridgehead atoms. The summed E-state index contributed by atoms with van der Waals surface area (Å²) in [6.07, 6.45) is 1.92. The van der Waals surface area contributed by atoms with Crippen molar-refractivity contribution in [2.24, 2.45) is 5.92 Å². The lowest BCUT2D eigenvalue weighted by molar-refractivity contribution is -0.152. The molecule has 37 heavy (non-hydrogen) atoms. The lowest BCUT2D eigenvalue weighted by Gasteiger charge is -2.41. The quantitative estimate of drug-likeness (QED) is 0.521. The average Bonchev–Trinajstić information content (AvgIpc) is 3.32. The molecule has 8 nitrogen and oxygen atoms in total. The van der Waals surface area contributed by atoms with Gasteiger partial charge >= 0.3 is 0 Å². The molecular weight excluding hydrogens is 470 g/mol. The fourth-order valence-corrected chi connectivity index (χ4v) is 6.60. The van der Waals surface area contributed by atoms with Crippen molar-refractivity contribution in [1.29, 1.82) is 0 Å². The number of methoxy groups -OCH3 is 1. The Morgan fingerprint density at radius 3 is 2.51 bits per heavy atom. The van der Waals surface area contributed by atoms with E-state index in [2.05, 4.69) is 14.7 Å². The number of morpholine rings is 1. The number of aliphatic hydroxyl groups is 2. The maximum absolute atomic E-state index is 12.8.